The lowest BCUT2D eigenvalue weighted by molar-refractivity contribution is -0.115. The van der Waals surface area contributed by atoms with Gasteiger partial charge in [-0.3, -0.25) is 9.59 Å². The van der Waals surface area contributed by atoms with Crippen molar-refractivity contribution < 1.29 is 18.7 Å². The monoisotopic (exact) mass is 474 g/mol. The molecular weight excluding hydrogens is 448 g/mol. The third-order valence-corrected chi connectivity index (χ3v) is 7.37. The second-order valence-electron chi connectivity index (χ2n) is 8.43. The SMILES string of the molecule is COc1ccc2occ(CC(=O)Nc3sc4c(c3C(=O)NCc3ccccc3)CCCC4)c2c1. The fourth-order valence-corrected chi connectivity index (χ4v) is 5.73. The summed E-state index contributed by atoms with van der Waals surface area (Å²) in [5, 5.41) is 7.54. The summed E-state index contributed by atoms with van der Waals surface area (Å²) in [5.41, 5.74) is 4.21. The van der Waals surface area contributed by atoms with Gasteiger partial charge >= 0.3 is 0 Å². The molecule has 0 unspecified atom stereocenters. The molecule has 5 rings (SSSR count). The van der Waals surface area contributed by atoms with E-state index in [4.69, 9.17) is 9.15 Å². The van der Waals surface area contributed by atoms with Crippen LogP contribution in [-0.4, -0.2) is 18.9 Å². The second-order valence-corrected chi connectivity index (χ2v) is 9.54. The summed E-state index contributed by atoms with van der Waals surface area (Å²) in [6.45, 7) is 0.445. The molecule has 0 aliphatic heterocycles. The first-order chi connectivity index (χ1) is 16.6. The molecule has 1 aliphatic carbocycles. The number of hydrogen-bond acceptors (Lipinski definition) is 5. The number of amides is 2. The largest absolute Gasteiger partial charge is 0.497 e. The summed E-state index contributed by atoms with van der Waals surface area (Å²) in [6.07, 6.45) is 5.72. The van der Waals surface area contributed by atoms with Gasteiger partial charge < -0.3 is 19.8 Å². The van der Waals surface area contributed by atoms with Gasteiger partial charge in [-0.15, -0.1) is 11.3 Å². The van der Waals surface area contributed by atoms with Crippen LogP contribution in [0, 0.1) is 0 Å². The molecule has 2 heterocycles. The molecule has 0 radical (unpaired) electrons. The number of benzene rings is 2. The molecule has 2 amide bonds. The van der Waals surface area contributed by atoms with E-state index in [1.54, 1.807) is 13.4 Å². The first-order valence-electron chi connectivity index (χ1n) is 11.4. The van der Waals surface area contributed by atoms with Gasteiger partial charge in [0.15, 0.2) is 0 Å². The van der Waals surface area contributed by atoms with E-state index in [1.807, 2.05) is 48.5 Å². The third-order valence-electron chi connectivity index (χ3n) is 6.16. The molecule has 7 heteroatoms. The van der Waals surface area contributed by atoms with E-state index in [-0.39, 0.29) is 18.2 Å². The van der Waals surface area contributed by atoms with Crippen LogP contribution in [0.1, 0.15) is 44.8 Å². The minimum atomic E-state index is -0.179. The molecule has 2 aromatic heterocycles. The fraction of sp³-hybridized carbons (Fsp3) is 0.259. The number of rotatable bonds is 7. The molecule has 1 aliphatic rings. The molecule has 0 spiro atoms. The van der Waals surface area contributed by atoms with Crippen molar-refractivity contribution in [2.24, 2.45) is 0 Å². The Morgan fingerprint density at radius 3 is 2.74 bits per heavy atom. The van der Waals surface area contributed by atoms with Crippen molar-refractivity contribution in [3.05, 3.63) is 81.9 Å². The van der Waals surface area contributed by atoms with Gasteiger partial charge in [-0.25, -0.2) is 0 Å². The summed E-state index contributed by atoms with van der Waals surface area (Å²) in [7, 11) is 1.61. The van der Waals surface area contributed by atoms with E-state index >= 15 is 0 Å². The van der Waals surface area contributed by atoms with E-state index in [2.05, 4.69) is 10.6 Å². The quantitative estimate of drug-likeness (QED) is 0.371. The number of carbonyl (C=O) groups excluding carboxylic acids is 2. The van der Waals surface area contributed by atoms with E-state index in [9.17, 15) is 9.59 Å². The lowest BCUT2D eigenvalue weighted by Crippen LogP contribution is -2.25. The molecule has 0 fully saturated rings. The first kappa shape index (κ1) is 22.2. The molecule has 0 saturated carbocycles. The van der Waals surface area contributed by atoms with Gasteiger partial charge in [0, 0.05) is 22.4 Å². The Bertz CT molecular complexity index is 1340. The van der Waals surface area contributed by atoms with Gasteiger partial charge in [-0.1, -0.05) is 30.3 Å². The Hall–Kier alpha value is -3.58. The Balaban J connectivity index is 1.36. The van der Waals surface area contributed by atoms with Crippen LogP contribution in [0.2, 0.25) is 0 Å². The molecule has 6 nitrogen and oxygen atoms in total. The Morgan fingerprint density at radius 2 is 1.91 bits per heavy atom. The van der Waals surface area contributed by atoms with Crippen LogP contribution < -0.4 is 15.4 Å². The summed E-state index contributed by atoms with van der Waals surface area (Å²) < 4.78 is 10.9. The zero-order valence-corrected chi connectivity index (χ0v) is 19.8. The van der Waals surface area contributed by atoms with E-state index < -0.39 is 0 Å². The Morgan fingerprint density at radius 1 is 1.09 bits per heavy atom. The molecule has 0 bridgehead atoms. The van der Waals surface area contributed by atoms with Gasteiger partial charge in [-0.05, 0) is 55.0 Å². The number of methoxy groups -OCH3 is 1. The summed E-state index contributed by atoms with van der Waals surface area (Å²) in [6, 6.07) is 15.3. The average Bonchev–Trinajstić information content (AvgIpc) is 3.43. The van der Waals surface area contributed by atoms with Crippen LogP contribution >= 0.6 is 11.3 Å². The van der Waals surface area contributed by atoms with Crippen LogP contribution in [-0.2, 0) is 30.6 Å². The third kappa shape index (κ3) is 4.56. The van der Waals surface area contributed by atoms with Crippen LogP contribution in [0.15, 0.2) is 59.2 Å². The number of thiophene rings is 1. The van der Waals surface area contributed by atoms with Gasteiger partial charge in [0.1, 0.15) is 16.3 Å². The predicted octanol–water partition coefficient (Wildman–Crippen LogP) is 5.49. The van der Waals surface area contributed by atoms with Crippen LogP contribution in [0.4, 0.5) is 5.00 Å². The van der Waals surface area contributed by atoms with E-state index in [1.165, 1.54) is 16.2 Å². The Labute approximate surface area is 201 Å². The topological polar surface area (TPSA) is 80.6 Å². The van der Waals surface area contributed by atoms with Crippen LogP contribution in [0.3, 0.4) is 0 Å². The second kappa shape index (κ2) is 9.73. The minimum absolute atomic E-state index is 0.142. The maximum absolute atomic E-state index is 13.2. The number of anilines is 1. The van der Waals surface area contributed by atoms with E-state index in [0.717, 1.165) is 47.8 Å². The number of nitrogens with one attached hydrogen (secondary N) is 2. The maximum atomic E-state index is 13.2. The van der Waals surface area contributed by atoms with Crippen molar-refractivity contribution in [2.75, 3.05) is 12.4 Å². The van der Waals surface area contributed by atoms with Crippen molar-refractivity contribution in [3.8, 4) is 5.75 Å². The first-order valence-corrected chi connectivity index (χ1v) is 12.2. The predicted molar refractivity (Wildman–Crippen MR) is 134 cm³/mol. The smallest absolute Gasteiger partial charge is 0.254 e. The molecule has 34 heavy (non-hydrogen) atoms. The number of aryl methyl sites for hydroxylation is 1. The number of ether oxygens (including phenoxy) is 1. The van der Waals surface area contributed by atoms with Crippen molar-refractivity contribution in [1.29, 1.82) is 0 Å². The molecule has 2 aromatic carbocycles. The Kier molecular flexibility index (Phi) is 6.36. The van der Waals surface area contributed by atoms with Crippen LogP contribution in [0.5, 0.6) is 5.75 Å². The highest BCUT2D eigenvalue weighted by molar-refractivity contribution is 7.17. The average molecular weight is 475 g/mol. The zero-order chi connectivity index (χ0) is 23.5. The van der Waals surface area contributed by atoms with Crippen molar-refractivity contribution in [2.45, 2.75) is 38.6 Å². The number of fused-ring (bicyclic) bond motifs is 2. The molecule has 2 N–H and O–H groups in total. The van der Waals surface area contributed by atoms with Gasteiger partial charge in [-0.2, -0.15) is 0 Å². The number of furan rings is 1. The molecule has 4 aromatic rings. The zero-order valence-electron chi connectivity index (χ0n) is 19.0. The van der Waals surface area contributed by atoms with Crippen molar-refractivity contribution in [1.82, 2.24) is 5.32 Å². The number of hydrogen-bond donors (Lipinski definition) is 2. The van der Waals surface area contributed by atoms with Crippen molar-refractivity contribution >= 4 is 39.1 Å². The minimum Gasteiger partial charge on any atom is -0.497 e. The standard InChI is InChI=1S/C27H26N2O4S/c1-32-19-11-12-22-21(14-19)18(16-33-22)13-24(30)29-27-25(20-9-5-6-10-23(20)34-27)26(31)28-15-17-7-3-2-4-8-17/h2-4,7-8,11-12,14,16H,5-6,9-10,13,15H2,1H3,(H,28,31)(H,29,30). The highest BCUT2D eigenvalue weighted by Crippen LogP contribution is 2.38. The van der Waals surface area contributed by atoms with Crippen molar-refractivity contribution in [3.63, 3.8) is 0 Å². The maximum Gasteiger partial charge on any atom is 0.254 e. The summed E-state index contributed by atoms with van der Waals surface area (Å²) in [4.78, 5) is 27.5. The van der Waals surface area contributed by atoms with Crippen LogP contribution in [0.25, 0.3) is 11.0 Å². The summed E-state index contributed by atoms with van der Waals surface area (Å²) >= 11 is 1.53. The molecule has 0 atom stereocenters. The van der Waals surface area contributed by atoms with E-state index in [0.29, 0.717) is 28.4 Å². The normalized spacial score (nSPS) is 12.9. The molecule has 0 saturated heterocycles. The molecular formula is C27H26N2O4S. The number of carbonyl (C=O) groups is 2. The highest BCUT2D eigenvalue weighted by atomic mass is 32.1. The van der Waals surface area contributed by atoms with Gasteiger partial charge in [0.25, 0.3) is 5.91 Å². The van der Waals surface area contributed by atoms with Gasteiger partial charge in [0.05, 0.1) is 25.4 Å². The fourth-order valence-electron chi connectivity index (χ4n) is 4.43. The lowest BCUT2D eigenvalue weighted by atomic mass is 9.95. The highest BCUT2D eigenvalue weighted by Gasteiger charge is 2.26. The van der Waals surface area contributed by atoms with Gasteiger partial charge in [0.2, 0.25) is 5.91 Å². The summed E-state index contributed by atoms with van der Waals surface area (Å²) in [5.74, 6) is 0.386. The lowest BCUT2D eigenvalue weighted by Gasteiger charge is -2.13. The molecule has 174 valence electrons.